The Hall–Kier alpha value is -8.81. The number of benzene rings is 9. The van der Waals surface area contributed by atoms with E-state index in [-0.39, 0.29) is 22.7 Å². The molecule has 12 rings (SSSR count). The van der Waals surface area contributed by atoms with Crippen LogP contribution in [0.4, 0.5) is 31.5 Å². The molecule has 0 spiro atoms. The Morgan fingerprint density at radius 1 is 0.444 bits per heavy atom. The topological polar surface area (TPSA) is 33.5 Å². The fraction of sp³-hybridized carbons (Fsp3) is 0.203. The van der Waals surface area contributed by atoms with E-state index in [0.29, 0.717) is 23.7 Å². The van der Waals surface area contributed by atoms with E-state index in [2.05, 4.69) is 260 Å². The summed E-state index contributed by atoms with van der Waals surface area (Å²) in [5.41, 5.74) is 17.7. The van der Waals surface area contributed by atoms with Gasteiger partial charge in [0, 0.05) is 52.0 Å². The molecule has 1 aliphatic heterocycles. The van der Waals surface area contributed by atoms with Gasteiger partial charge in [0.2, 0.25) is 0 Å². The number of hydrogen-bond donors (Lipinski definition) is 0. The normalized spacial score (nSPS) is 12.8. The molecule has 0 atom stereocenters. The molecule has 404 valence electrons. The lowest BCUT2D eigenvalue weighted by molar-refractivity contribution is 0.483. The summed E-state index contributed by atoms with van der Waals surface area (Å²) in [4.78, 5) is 9.62. The zero-order chi connectivity index (χ0) is 56.5. The van der Waals surface area contributed by atoms with Crippen LogP contribution in [0, 0.1) is 11.6 Å². The van der Waals surface area contributed by atoms with E-state index >= 15 is 8.78 Å². The first-order valence-electron chi connectivity index (χ1n) is 28.3. The summed E-state index contributed by atoms with van der Waals surface area (Å²) in [6, 6.07) is 68.5. The van der Waals surface area contributed by atoms with Crippen molar-refractivity contribution in [1.82, 2.24) is 9.55 Å². The summed E-state index contributed by atoms with van der Waals surface area (Å²) in [5.74, 6) is 1.48. The maximum absolute atomic E-state index is 15.7. The second kappa shape index (κ2) is 20.7. The highest BCUT2D eigenvalue weighted by molar-refractivity contribution is 6.09. The van der Waals surface area contributed by atoms with E-state index in [1.54, 1.807) is 0 Å². The van der Waals surface area contributed by atoms with Crippen LogP contribution in [0.25, 0.3) is 72.1 Å². The summed E-state index contributed by atoms with van der Waals surface area (Å²) < 4.78 is 40.7. The molecule has 0 amide bonds. The largest absolute Gasteiger partial charge is 0.457 e. The number of pyridine rings is 1. The number of rotatable bonds is 11. The molecule has 7 heteroatoms. The average molecular weight is 1070 g/mol. The Kier molecular flexibility index (Phi) is 13.5. The van der Waals surface area contributed by atoms with Crippen molar-refractivity contribution < 1.29 is 13.5 Å². The van der Waals surface area contributed by atoms with E-state index in [1.807, 2.05) is 12.3 Å². The molecule has 11 aromatic rings. The minimum Gasteiger partial charge on any atom is -0.457 e. The molecule has 0 radical (unpaired) electrons. The predicted molar refractivity (Wildman–Crippen MR) is 334 cm³/mol. The van der Waals surface area contributed by atoms with E-state index in [9.17, 15) is 0 Å². The van der Waals surface area contributed by atoms with Crippen LogP contribution in [0.3, 0.4) is 0 Å². The fourth-order valence-corrected chi connectivity index (χ4v) is 11.5. The Morgan fingerprint density at radius 3 is 1.65 bits per heavy atom. The molecule has 0 N–H and O–H groups in total. The van der Waals surface area contributed by atoms with Gasteiger partial charge in [-0.15, -0.1) is 0 Å². The molecule has 0 unspecified atom stereocenters. The van der Waals surface area contributed by atoms with Gasteiger partial charge < -0.3 is 14.5 Å². The van der Waals surface area contributed by atoms with Gasteiger partial charge >= 0.3 is 0 Å². The summed E-state index contributed by atoms with van der Waals surface area (Å²) in [7, 11) is 0. The van der Waals surface area contributed by atoms with Crippen molar-refractivity contribution in [2.24, 2.45) is 0 Å². The van der Waals surface area contributed by atoms with Gasteiger partial charge in [-0.3, -0.25) is 4.57 Å². The maximum Gasteiger partial charge on any atom is 0.137 e. The van der Waals surface area contributed by atoms with Gasteiger partial charge in [-0.1, -0.05) is 172 Å². The number of nitrogens with zero attached hydrogens (tertiary/aromatic N) is 4. The number of anilines is 4. The first kappa shape index (κ1) is 52.9. The Balaban J connectivity index is 1.04. The molecule has 9 aromatic carbocycles. The molecule has 0 saturated carbocycles. The number of aromatic nitrogens is 2. The SMILES string of the molecule is CC(C)c1cc(-c2cc(C(C)(C)C)cc(-c3cc(F)cc(F)c3)c2N2CN(c3cc(Oc4ccc5c6ccccc6n(-c6cc(C(C)(C)C)ccn6)c5c4)cc(-c4ccc(-c5ccccc5)cc4)c3)c3ccccc32)cc(C(C)C)c1. The lowest BCUT2D eigenvalue weighted by Gasteiger charge is -2.31. The Morgan fingerprint density at radius 2 is 1.01 bits per heavy atom. The third-order valence-electron chi connectivity index (χ3n) is 16.0. The van der Waals surface area contributed by atoms with Crippen LogP contribution in [-0.4, -0.2) is 16.2 Å². The van der Waals surface area contributed by atoms with Gasteiger partial charge in [-0.25, -0.2) is 13.8 Å². The van der Waals surface area contributed by atoms with Crippen molar-refractivity contribution in [3.05, 3.63) is 240 Å². The third kappa shape index (κ3) is 10.3. The number of ether oxygens (including phenoxy) is 1. The van der Waals surface area contributed by atoms with Crippen molar-refractivity contribution >= 4 is 44.6 Å². The molecular weight excluding hydrogens is 999 g/mol. The summed E-state index contributed by atoms with van der Waals surface area (Å²) in [5, 5.41) is 2.24. The van der Waals surface area contributed by atoms with E-state index in [4.69, 9.17) is 9.72 Å². The van der Waals surface area contributed by atoms with Crippen molar-refractivity contribution in [2.45, 2.75) is 91.9 Å². The Bertz CT molecular complexity index is 4130. The first-order chi connectivity index (χ1) is 38.8. The summed E-state index contributed by atoms with van der Waals surface area (Å²) in [6.45, 7) is 22.6. The molecule has 2 aromatic heterocycles. The van der Waals surface area contributed by atoms with Crippen LogP contribution in [0.1, 0.15) is 103 Å². The minimum absolute atomic E-state index is 0.0681. The predicted octanol–water partition coefficient (Wildman–Crippen LogP) is 21.0. The van der Waals surface area contributed by atoms with Gasteiger partial charge in [0.1, 0.15) is 35.6 Å². The summed E-state index contributed by atoms with van der Waals surface area (Å²) >= 11 is 0. The Labute approximate surface area is 475 Å². The van der Waals surface area contributed by atoms with E-state index < -0.39 is 11.6 Å². The number of halogens is 2. The molecule has 0 fully saturated rings. The summed E-state index contributed by atoms with van der Waals surface area (Å²) in [6.07, 6.45) is 1.91. The monoisotopic (exact) mass is 1070 g/mol. The first-order valence-corrected chi connectivity index (χ1v) is 28.3. The number of hydrogen-bond acceptors (Lipinski definition) is 4. The molecule has 5 nitrogen and oxygen atoms in total. The van der Waals surface area contributed by atoms with Crippen LogP contribution in [0.5, 0.6) is 11.5 Å². The third-order valence-corrected chi connectivity index (χ3v) is 16.0. The number of para-hydroxylation sites is 3. The van der Waals surface area contributed by atoms with Crippen LogP contribution < -0.4 is 14.5 Å². The highest BCUT2D eigenvalue weighted by atomic mass is 19.1. The fourth-order valence-electron chi connectivity index (χ4n) is 11.5. The molecule has 3 heterocycles. The van der Waals surface area contributed by atoms with Gasteiger partial charge in [0.25, 0.3) is 0 Å². The van der Waals surface area contributed by atoms with E-state index in [0.717, 1.165) is 101 Å². The average Bonchev–Trinajstić information content (AvgIpc) is 4.16. The smallest absolute Gasteiger partial charge is 0.137 e. The molecule has 0 aliphatic carbocycles. The maximum atomic E-state index is 15.7. The zero-order valence-corrected chi connectivity index (χ0v) is 47.9. The lowest BCUT2D eigenvalue weighted by atomic mass is 9.81. The van der Waals surface area contributed by atoms with Gasteiger partial charge in [0.15, 0.2) is 0 Å². The van der Waals surface area contributed by atoms with Crippen molar-refractivity contribution in [2.75, 3.05) is 16.5 Å². The van der Waals surface area contributed by atoms with Gasteiger partial charge in [-0.05, 0) is 157 Å². The van der Waals surface area contributed by atoms with Crippen LogP contribution in [-0.2, 0) is 10.8 Å². The zero-order valence-electron chi connectivity index (χ0n) is 47.9. The van der Waals surface area contributed by atoms with Crippen molar-refractivity contribution in [3.8, 4) is 61.8 Å². The second-order valence-electron chi connectivity index (χ2n) is 24.5. The van der Waals surface area contributed by atoms with Gasteiger partial charge in [0.05, 0.1) is 28.1 Å². The van der Waals surface area contributed by atoms with Crippen molar-refractivity contribution in [3.63, 3.8) is 0 Å². The lowest BCUT2D eigenvalue weighted by Crippen LogP contribution is -2.25. The van der Waals surface area contributed by atoms with Crippen LogP contribution in [0.2, 0.25) is 0 Å². The molecule has 81 heavy (non-hydrogen) atoms. The molecular formula is C74H68F2N4O. The minimum atomic E-state index is -0.626. The highest BCUT2D eigenvalue weighted by Crippen LogP contribution is 2.53. The van der Waals surface area contributed by atoms with E-state index in [1.165, 1.54) is 28.8 Å². The highest BCUT2D eigenvalue weighted by Gasteiger charge is 2.34. The van der Waals surface area contributed by atoms with Crippen molar-refractivity contribution in [1.29, 1.82) is 0 Å². The molecule has 0 saturated heterocycles. The standard InChI is InChI=1S/C74H68F2N4O/c1-46(2)51-32-52(47(3)4)34-54(33-51)65-39-57(74(8,9)10)40-66(55-35-58(75)42-59(76)36-55)72(65)79-45-78(68-22-16-17-23-69(68)79)60-37-53(50-26-24-49(25-27-50)48-18-12-11-13-19-48)38-62(43-60)81-61-28-29-64-63-20-14-15-21-67(63)80(70(64)44-61)71-41-56(30-31-77-71)73(5,6)7/h11-44,46-47H,45H2,1-10H3. The van der Waals surface area contributed by atoms with Crippen LogP contribution >= 0.6 is 0 Å². The van der Waals surface area contributed by atoms with Gasteiger partial charge in [-0.2, -0.15) is 0 Å². The number of fused-ring (bicyclic) bond motifs is 4. The molecule has 0 bridgehead atoms. The van der Waals surface area contributed by atoms with Crippen LogP contribution in [0.15, 0.2) is 206 Å². The second-order valence-corrected chi connectivity index (χ2v) is 24.5. The molecule has 1 aliphatic rings. The quantitative estimate of drug-likeness (QED) is 0.129.